The van der Waals surface area contributed by atoms with Crippen molar-refractivity contribution < 1.29 is 19.1 Å². The first-order chi connectivity index (χ1) is 13.0. The minimum atomic E-state index is -0.151. The topological polar surface area (TPSA) is 60.8 Å². The molecular weight excluding hydrogens is 344 g/mol. The summed E-state index contributed by atoms with van der Waals surface area (Å²) in [5, 5.41) is 1.01. The third-order valence-electron chi connectivity index (χ3n) is 5.10. The van der Waals surface area contributed by atoms with Gasteiger partial charge in [-0.05, 0) is 51.8 Å². The molecule has 27 heavy (non-hydrogen) atoms. The van der Waals surface area contributed by atoms with Crippen LogP contribution in [0, 0.1) is 5.92 Å². The highest BCUT2D eigenvalue weighted by Crippen LogP contribution is 2.28. The van der Waals surface area contributed by atoms with Crippen LogP contribution in [0.5, 0.6) is 5.75 Å². The van der Waals surface area contributed by atoms with E-state index in [1.165, 1.54) is 0 Å². The minimum Gasteiger partial charge on any atom is -0.483 e. The Morgan fingerprint density at radius 1 is 1.19 bits per heavy atom. The lowest BCUT2D eigenvalue weighted by atomic mass is 9.97. The van der Waals surface area contributed by atoms with E-state index >= 15 is 0 Å². The van der Waals surface area contributed by atoms with Gasteiger partial charge >= 0.3 is 5.97 Å². The highest BCUT2D eigenvalue weighted by Gasteiger charge is 2.28. The highest BCUT2D eigenvalue weighted by atomic mass is 16.5. The van der Waals surface area contributed by atoms with Crippen LogP contribution in [0.25, 0.3) is 10.9 Å². The standard InChI is InChI=1S/C21H28N2O4/c1-4-26-21(25)16-8-11-22(12-9-16)20(24)14-27-19-7-5-6-18-17(19)10-13-23(18)15(2)3/h5-7,10,13,15-16H,4,8-9,11-12,14H2,1-3H3. The summed E-state index contributed by atoms with van der Waals surface area (Å²) in [6.45, 7) is 7.63. The molecule has 0 saturated carbocycles. The van der Waals surface area contributed by atoms with Crippen molar-refractivity contribution in [3.05, 3.63) is 30.5 Å². The van der Waals surface area contributed by atoms with Gasteiger partial charge in [-0.3, -0.25) is 9.59 Å². The van der Waals surface area contributed by atoms with Gasteiger partial charge < -0.3 is 18.9 Å². The number of benzene rings is 1. The molecule has 6 nitrogen and oxygen atoms in total. The predicted octanol–water partition coefficient (Wildman–Crippen LogP) is 3.40. The third-order valence-corrected chi connectivity index (χ3v) is 5.10. The smallest absolute Gasteiger partial charge is 0.309 e. The lowest BCUT2D eigenvalue weighted by molar-refractivity contribution is -0.151. The molecular formula is C21H28N2O4. The fourth-order valence-electron chi connectivity index (χ4n) is 3.59. The van der Waals surface area contributed by atoms with Crippen molar-refractivity contribution in [3.8, 4) is 5.75 Å². The van der Waals surface area contributed by atoms with Crippen LogP contribution in [0.15, 0.2) is 30.5 Å². The second-order valence-electron chi connectivity index (χ2n) is 7.20. The summed E-state index contributed by atoms with van der Waals surface area (Å²) in [5.74, 6) is 0.431. The van der Waals surface area contributed by atoms with E-state index in [9.17, 15) is 9.59 Å². The maximum Gasteiger partial charge on any atom is 0.309 e. The van der Waals surface area contributed by atoms with E-state index in [1.54, 1.807) is 4.90 Å². The molecule has 1 aliphatic heterocycles. The molecule has 1 aliphatic rings. The summed E-state index contributed by atoms with van der Waals surface area (Å²) in [6.07, 6.45) is 3.35. The van der Waals surface area contributed by atoms with Crippen molar-refractivity contribution in [2.45, 2.75) is 39.7 Å². The molecule has 0 spiro atoms. The Bertz CT molecular complexity index is 804. The van der Waals surface area contributed by atoms with E-state index in [2.05, 4.69) is 24.5 Å². The Hall–Kier alpha value is -2.50. The van der Waals surface area contributed by atoms with E-state index in [0.29, 0.717) is 38.6 Å². The lowest BCUT2D eigenvalue weighted by Crippen LogP contribution is -2.42. The first kappa shape index (κ1) is 19.3. The Morgan fingerprint density at radius 3 is 2.59 bits per heavy atom. The number of carbonyl (C=O) groups excluding carboxylic acids is 2. The largest absolute Gasteiger partial charge is 0.483 e. The molecule has 0 radical (unpaired) electrons. The highest BCUT2D eigenvalue weighted by molar-refractivity contribution is 5.87. The number of nitrogens with zero attached hydrogens (tertiary/aromatic N) is 2. The van der Waals surface area contributed by atoms with Gasteiger partial charge in [0, 0.05) is 30.7 Å². The number of hydrogen-bond acceptors (Lipinski definition) is 4. The quantitative estimate of drug-likeness (QED) is 0.729. The normalized spacial score (nSPS) is 15.3. The summed E-state index contributed by atoms with van der Waals surface area (Å²) >= 11 is 0. The predicted molar refractivity (Wildman–Crippen MR) is 104 cm³/mol. The molecule has 1 aromatic carbocycles. The van der Waals surface area contributed by atoms with E-state index < -0.39 is 0 Å². The molecule has 0 unspecified atom stereocenters. The Morgan fingerprint density at radius 2 is 1.93 bits per heavy atom. The molecule has 0 bridgehead atoms. The summed E-state index contributed by atoms with van der Waals surface area (Å²) in [5.41, 5.74) is 1.10. The van der Waals surface area contributed by atoms with Crippen LogP contribution >= 0.6 is 0 Å². The van der Waals surface area contributed by atoms with Crippen molar-refractivity contribution in [2.75, 3.05) is 26.3 Å². The Labute approximate surface area is 160 Å². The number of ether oxygens (including phenoxy) is 2. The molecule has 1 amide bonds. The van der Waals surface area contributed by atoms with Crippen molar-refractivity contribution in [3.63, 3.8) is 0 Å². The van der Waals surface area contributed by atoms with Crippen LogP contribution in [-0.4, -0.2) is 47.6 Å². The number of carbonyl (C=O) groups is 2. The van der Waals surface area contributed by atoms with E-state index in [-0.39, 0.29) is 24.4 Å². The molecule has 0 atom stereocenters. The maximum absolute atomic E-state index is 12.5. The minimum absolute atomic E-state index is 0.00997. The fourth-order valence-corrected chi connectivity index (χ4v) is 3.59. The SMILES string of the molecule is CCOC(=O)C1CCN(C(=O)COc2cccc3c2ccn3C(C)C)CC1. The van der Waals surface area contributed by atoms with E-state index in [4.69, 9.17) is 9.47 Å². The van der Waals surface area contributed by atoms with Gasteiger partial charge in [-0.1, -0.05) is 6.07 Å². The Balaban J connectivity index is 1.57. The van der Waals surface area contributed by atoms with Crippen molar-refractivity contribution >= 4 is 22.8 Å². The lowest BCUT2D eigenvalue weighted by Gasteiger charge is -2.30. The average Bonchev–Trinajstić information content (AvgIpc) is 3.11. The molecule has 0 aliphatic carbocycles. The monoisotopic (exact) mass is 372 g/mol. The second kappa shape index (κ2) is 8.46. The number of fused-ring (bicyclic) bond motifs is 1. The average molecular weight is 372 g/mol. The molecule has 3 rings (SSSR count). The summed E-state index contributed by atoms with van der Waals surface area (Å²) in [4.78, 5) is 26.1. The molecule has 146 valence electrons. The van der Waals surface area contributed by atoms with Gasteiger partial charge in [0.05, 0.1) is 18.0 Å². The van der Waals surface area contributed by atoms with Crippen LogP contribution in [0.2, 0.25) is 0 Å². The molecule has 1 saturated heterocycles. The van der Waals surface area contributed by atoms with Gasteiger partial charge in [0.25, 0.3) is 5.91 Å². The maximum atomic E-state index is 12.5. The number of amides is 1. The summed E-state index contributed by atoms with van der Waals surface area (Å²) < 4.78 is 13.1. The number of piperidine rings is 1. The van der Waals surface area contributed by atoms with Crippen molar-refractivity contribution in [1.29, 1.82) is 0 Å². The van der Waals surface area contributed by atoms with Gasteiger partial charge in [0.15, 0.2) is 6.61 Å². The van der Waals surface area contributed by atoms with Crippen LogP contribution in [0.3, 0.4) is 0 Å². The first-order valence-electron chi connectivity index (χ1n) is 9.68. The van der Waals surface area contributed by atoms with E-state index in [0.717, 1.165) is 16.7 Å². The van der Waals surface area contributed by atoms with Crippen LogP contribution in [-0.2, 0) is 14.3 Å². The zero-order chi connectivity index (χ0) is 19.4. The third kappa shape index (κ3) is 4.26. The van der Waals surface area contributed by atoms with Crippen LogP contribution in [0.4, 0.5) is 0 Å². The first-order valence-corrected chi connectivity index (χ1v) is 9.68. The Kier molecular flexibility index (Phi) is 6.04. The zero-order valence-corrected chi connectivity index (χ0v) is 16.3. The van der Waals surface area contributed by atoms with Crippen LogP contribution in [0.1, 0.15) is 39.7 Å². The molecule has 2 heterocycles. The van der Waals surface area contributed by atoms with Crippen molar-refractivity contribution in [1.82, 2.24) is 9.47 Å². The molecule has 2 aromatic rings. The van der Waals surface area contributed by atoms with Gasteiger partial charge in [-0.15, -0.1) is 0 Å². The van der Waals surface area contributed by atoms with Crippen LogP contribution < -0.4 is 4.74 Å². The van der Waals surface area contributed by atoms with Gasteiger partial charge in [0.1, 0.15) is 5.75 Å². The fraction of sp³-hybridized carbons (Fsp3) is 0.524. The number of likely N-dealkylation sites (tertiary alicyclic amines) is 1. The van der Waals surface area contributed by atoms with Gasteiger partial charge in [0.2, 0.25) is 0 Å². The number of esters is 1. The zero-order valence-electron chi connectivity index (χ0n) is 16.3. The second-order valence-corrected chi connectivity index (χ2v) is 7.20. The molecule has 1 fully saturated rings. The van der Waals surface area contributed by atoms with E-state index in [1.807, 2.05) is 31.3 Å². The number of aromatic nitrogens is 1. The molecule has 6 heteroatoms. The summed E-state index contributed by atoms with van der Waals surface area (Å²) in [6, 6.07) is 8.29. The molecule has 1 aromatic heterocycles. The molecule has 0 N–H and O–H groups in total. The number of rotatable bonds is 6. The number of hydrogen-bond donors (Lipinski definition) is 0. The summed E-state index contributed by atoms with van der Waals surface area (Å²) in [7, 11) is 0. The van der Waals surface area contributed by atoms with Crippen molar-refractivity contribution in [2.24, 2.45) is 5.92 Å². The van der Waals surface area contributed by atoms with Gasteiger partial charge in [-0.25, -0.2) is 0 Å². The van der Waals surface area contributed by atoms with Gasteiger partial charge in [-0.2, -0.15) is 0 Å².